The average Bonchev–Trinajstić information content (AvgIpc) is 3.07. The Bertz CT molecular complexity index is 1160. The van der Waals surface area contributed by atoms with Crippen LogP contribution < -0.4 is 15.6 Å². The molecule has 1 fully saturated rings. The fourth-order valence-corrected chi connectivity index (χ4v) is 4.40. The van der Waals surface area contributed by atoms with Crippen molar-refractivity contribution in [1.29, 1.82) is 0 Å². The molecule has 3 heterocycles. The summed E-state index contributed by atoms with van der Waals surface area (Å²) in [6.07, 6.45) is 0. The van der Waals surface area contributed by atoms with Crippen molar-refractivity contribution in [2.45, 2.75) is 0 Å². The number of pyridine rings is 1. The first-order valence-electron chi connectivity index (χ1n) is 8.12. The number of carboxylic acid groups (broad SMARTS) is 2. The monoisotopic (exact) mass is 391 g/mol. The summed E-state index contributed by atoms with van der Waals surface area (Å²) in [5, 5.41) is 23.2. The molecule has 8 nitrogen and oxygen atoms in total. The number of anilines is 1. The number of halogens is 1. The molecule has 1 aliphatic heterocycles. The number of carboxylic acids is 2. The van der Waals surface area contributed by atoms with Crippen molar-refractivity contribution in [3.05, 3.63) is 44.8 Å². The molecule has 0 saturated carbocycles. The second-order valence-corrected chi connectivity index (χ2v) is 6.99. The second-order valence-electron chi connectivity index (χ2n) is 6.13. The van der Waals surface area contributed by atoms with Crippen LogP contribution in [0.1, 0.15) is 20.8 Å². The third kappa shape index (κ3) is 2.64. The Balaban J connectivity index is 2.13. The van der Waals surface area contributed by atoms with Gasteiger partial charge in [0.1, 0.15) is 21.9 Å². The van der Waals surface area contributed by atoms with Gasteiger partial charge < -0.3 is 20.4 Å². The zero-order chi connectivity index (χ0) is 19.3. The molecule has 0 bridgehead atoms. The Morgan fingerprint density at radius 2 is 1.85 bits per heavy atom. The maximum atomic E-state index is 14.7. The number of aromatic carboxylic acids is 2. The predicted octanol–water partition coefficient (Wildman–Crippen LogP) is 1.46. The molecule has 4 rings (SSSR count). The van der Waals surface area contributed by atoms with Gasteiger partial charge in [0.05, 0.1) is 16.6 Å². The zero-order valence-corrected chi connectivity index (χ0v) is 14.7. The van der Waals surface area contributed by atoms with E-state index in [4.69, 9.17) is 0 Å². The quantitative estimate of drug-likeness (QED) is 0.620. The zero-order valence-electron chi connectivity index (χ0n) is 13.9. The topological polar surface area (TPSA) is 111 Å². The minimum absolute atomic E-state index is 0.00951. The number of carbonyl (C=O) groups is 2. The minimum atomic E-state index is -1.48. The van der Waals surface area contributed by atoms with E-state index >= 15 is 0 Å². The third-order valence-electron chi connectivity index (χ3n) is 4.61. The normalized spacial score (nSPS) is 14.8. The fourth-order valence-electron chi connectivity index (χ4n) is 3.37. The number of aromatic nitrogens is 1. The number of thiazole rings is 1. The Labute approximate surface area is 155 Å². The van der Waals surface area contributed by atoms with Crippen LogP contribution in [0.3, 0.4) is 0 Å². The first-order chi connectivity index (χ1) is 12.9. The lowest BCUT2D eigenvalue weighted by Gasteiger charge is -2.30. The standard InChI is InChI=1S/C17H14FN3O5S/c18-9-5-8-10(6-11(9)20-3-1-19-2-4-20)21-12(16(23)24)7-27-15(21)13(14(8)22)17(25)26/h5-7,19H,1-4H2,(H,23,24)(H,25,26). The molecule has 1 saturated heterocycles. The van der Waals surface area contributed by atoms with Crippen LogP contribution in [0.5, 0.6) is 0 Å². The molecule has 0 amide bonds. The lowest BCUT2D eigenvalue weighted by molar-refractivity contribution is 0.0679. The Morgan fingerprint density at radius 1 is 1.15 bits per heavy atom. The molecule has 0 aliphatic carbocycles. The van der Waals surface area contributed by atoms with Gasteiger partial charge in [0, 0.05) is 31.6 Å². The maximum Gasteiger partial charge on any atom is 0.353 e. The molecule has 0 atom stereocenters. The van der Waals surface area contributed by atoms with Crippen molar-refractivity contribution < 1.29 is 24.2 Å². The first kappa shape index (κ1) is 17.4. The summed E-state index contributed by atoms with van der Waals surface area (Å²) in [4.78, 5) is 37.7. The summed E-state index contributed by atoms with van der Waals surface area (Å²) in [7, 11) is 0. The molecule has 3 aromatic rings. The highest BCUT2D eigenvalue weighted by Gasteiger charge is 2.25. The van der Waals surface area contributed by atoms with Crippen LogP contribution in [0.4, 0.5) is 10.1 Å². The van der Waals surface area contributed by atoms with Crippen molar-refractivity contribution in [3.63, 3.8) is 0 Å². The van der Waals surface area contributed by atoms with E-state index in [-0.39, 0.29) is 27.1 Å². The Kier molecular flexibility index (Phi) is 4.08. The molecule has 10 heteroatoms. The van der Waals surface area contributed by atoms with Crippen molar-refractivity contribution in [3.8, 4) is 0 Å². The molecular weight excluding hydrogens is 377 g/mol. The fraction of sp³-hybridized carbons (Fsp3) is 0.235. The third-order valence-corrected chi connectivity index (χ3v) is 5.56. The SMILES string of the molecule is O=C(O)c1c(=O)c2cc(F)c(N3CCNCC3)cc2n2c(C(=O)O)csc12. The van der Waals surface area contributed by atoms with Crippen molar-refractivity contribution in [2.75, 3.05) is 31.1 Å². The number of hydrogen-bond acceptors (Lipinski definition) is 6. The van der Waals surface area contributed by atoms with E-state index in [1.165, 1.54) is 15.8 Å². The number of piperazine rings is 1. The molecule has 2 aromatic heterocycles. The van der Waals surface area contributed by atoms with E-state index in [0.29, 0.717) is 26.2 Å². The lowest BCUT2D eigenvalue weighted by atomic mass is 10.1. The van der Waals surface area contributed by atoms with Crippen molar-refractivity contribution >= 4 is 44.7 Å². The molecule has 0 spiro atoms. The van der Waals surface area contributed by atoms with Crippen LogP contribution in [0.2, 0.25) is 0 Å². The van der Waals surface area contributed by atoms with Crippen LogP contribution in [0.25, 0.3) is 15.7 Å². The van der Waals surface area contributed by atoms with E-state index < -0.39 is 28.7 Å². The number of rotatable bonds is 3. The summed E-state index contributed by atoms with van der Waals surface area (Å²) in [5.74, 6) is -3.40. The van der Waals surface area contributed by atoms with Gasteiger partial charge >= 0.3 is 11.9 Å². The number of hydrogen-bond donors (Lipinski definition) is 3. The molecule has 1 aliphatic rings. The van der Waals surface area contributed by atoms with E-state index in [1.807, 2.05) is 0 Å². The summed E-state index contributed by atoms with van der Waals surface area (Å²) in [6.45, 7) is 2.46. The van der Waals surface area contributed by atoms with Crippen molar-refractivity contribution in [1.82, 2.24) is 9.72 Å². The summed E-state index contributed by atoms with van der Waals surface area (Å²) < 4.78 is 15.9. The molecule has 27 heavy (non-hydrogen) atoms. The summed E-state index contributed by atoms with van der Waals surface area (Å²) >= 11 is 0.856. The van der Waals surface area contributed by atoms with Gasteiger partial charge in [-0.3, -0.25) is 9.20 Å². The van der Waals surface area contributed by atoms with Gasteiger partial charge in [0.2, 0.25) is 5.43 Å². The summed E-state index contributed by atoms with van der Waals surface area (Å²) in [6, 6.07) is 2.42. The van der Waals surface area contributed by atoms with Crippen LogP contribution in [0.15, 0.2) is 22.3 Å². The van der Waals surface area contributed by atoms with Crippen LogP contribution >= 0.6 is 11.3 Å². The number of nitrogens with one attached hydrogen (secondary N) is 1. The van der Waals surface area contributed by atoms with E-state index in [2.05, 4.69) is 5.32 Å². The van der Waals surface area contributed by atoms with Crippen LogP contribution in [-0.2, 0) is 0 Å². The van der Waals surface area contributed by atoms with Gasteiger partial charge in [-0.25, -0.2) is 14.0 Å². The Hall–Kier alpha value is -2.98. The molecule has 0 unspecified atom stereocenters. The molecule has 140 valence electrons. The largest absolute Gasteiger partial charge is 0.477 e. The Morgan fingerprint density at radius 3 is 2.48 bits per heavy atom. The van der Waals surface area contributed by atoms with Gasteiger partial charge in [-0.1, -0.05) is 0 Å². The molecule has 1 aromatic carbocycles. The smallest absolute Gasteiger partial charge is 0.353 e. The first-order valence-corrected chi connectivity index (χ1v) is 9.00. The van der Waals surface area contributed by atoms with Crippen molar-refractivity contribution in [2.24, 2.45) is 0 Å². The number of benzene rings is 1. The van der Waals surface area contributed by atoms with Gasteiger partial charge in [0.25, 0.3) is 0 Å². The highest BCUT2D eigenvalue weighted by molar-refractivity contribution is 7.16. The molecule has 0 radical (unpaired) electrons. The lowest BCUT2D eigenvalue weighted by Crippen LogP contribution is -2.43. The predicted molar refractivity (Wildman–Crippen MR) is 98.0 cm³/mol. The van der Waals surface area contributed by atoms with Crippen LogP contribution in [0, 0.1) is 5.82 Å². The highest BCUT2D eigenvalue weighted by atomic mass is 32.1. The average molecular weight is 391 g/mol. The van der Waals surface area contributed by atoms with Gasteiger partial charge in [-0.05, 0) is 12.1 Å². The molecule has 3 N–H and O–H groups in total. The van der Waals surface area contributed by atoms with Gasteiger partial charge in [-0.2, -0.15) is 0 Å². The number of fused-ring (bicyclic) bond motifs is 3. The van der Waals surface area contributed by atoms with E-state index in [1.54, 1.807) is 4.90 Å². The second kappa shape index (κ2) is 6.32. The molecular formula is C17H14FN3O5S. The summed E-state index contributed by atoms with van der Waals surface area (Å²) in [5.41, 5.74) is -1.15. The minimum Gasteiger partial charge on any atom is -0.477 e. The van der Waals surface area contributed by atoms with Gasteiger partial charge in [0.15, 0.2) is 0 Å². The van der Waals surface area contributed by atoms with E-state index in [9.17, 15) is 29.0 Å². The maximum absolute atomic E-state index is 14.7. The van der Waals surface area contributed by atoms with Gasteiger partial charge in [-0.15, -0.1) is 11.3 Å². The number of nitrogens with zero attached hydrogens (tertiary/aromatic N) is 2. The van der Waals surface area contributed by atoms with E-state index in [0.717, 1.165) is 17.4 Å². The van der Waals surface area contributed by atoms with Crippen LogP contribution in [-0.4, -0.2) is 52.7 Å². The highest BCUT2D eigenvalue weighted by Crippen LogP contribution is 2.30.